The number of benzene rings is 2. The molecule has 5 rings (SSSR count). The smallest absolute Gasteiger partial charge is 0.253 e. The zero-order valence-corrected chi connectivity index (χ0v) is 18.5. The summed E-state index contributed by atoms with van der Waals surface area (Å²) < 4.78 is 25.7. The number of para-hydroxylation sites is 2. The first-order valence-corrected chi connectivity index (χ1v) is 12.5. The zero-order chi connectivity index (χ0) is 21.8. The van der Waals surface area contributed by atoms with E-state index in [0.717, 1.165) is 35.3 Å². The van der Waals surface area contributed by atoms with Crippen LogP contribution in [0.1, 0.15) is 47.4 Å². The van der Waals surface area contributed by atoms with Crippen LogP contribution in [0.4, 0.5) is 5.69 Å². The van der Waals surface area contributed by atoms with Crippen LogP contribution in [0.2, 0.25) is 0 Å². The highest BCUT2D eigenvalue weighted by Gasteiger charge is 2.33. The first-order valence-electron chi connectivity index (χ1n) is 10.7. The Labute approximate surface area is 182 Å². The van der Waals surface area contributed by atoms with E-state index >= 15 is 0 Å². The molecule has 162 valence electrons. The third-order valence-corrected chi connectivity index (χ3v) is 7.68. The summed E-state index contributed by atoms with van der Waals surface area (Å²) >= 11 is 0. The monoisotopic (exact) mass is 438 g/mol. The van der Waals surface area contributed by atoms with Gasteiger partial charge in [0.15, 0.2) is 0 Å². The van der Waals surface area contributed by atoms with Crippen LogP contribution in [-0.2, 0) is 16.4 Å². The lowest BCUT2D eigenvalue weighted by Crippen LogP contribution is -2.38. The molecule has 0 saturated carbocycles. The second-order valence-corrected chi connectivity index (χ2v) is 10.5. The number of sulfonamides is 1. The van der Waals surface area contributed by atoms with Crippen LogP contribution in [-0.4, -0.2) is 54.6 Å². The Morgan fingerprint density at radius 1 is 1.13 bits per heavy atom. The van der Waals surface area contributed by atoms with Gasteiger partial charge >= 0.3 is 0 Å². The number of amides is 1. The van der Waals surface area contributed by atoms with Crippen molar-refractivity contribution in [2.45, 2.75) is 38.1 Å². The quantitative estimate of drug-likeness (QED) is 0.680. The lowest BCUT2D eigenvalue weighted by molar-refractivity contribution is 0.0711. The highest BCUT2D eigenvalue weighted by atomic mass is 32.2. The molecule has 2 aromatic carbocycles. The van der Waals surface area contributed by atoms with Crippen LogP contribution >= 0.6 is 0 Å². The third-order valence-electron chi connectivity index (χ3n) is 6.41. The SMILES string of the molecule is C[C@H]1Cc2cc(C(=O)N3CCC(c4nc5ccccc5[nH]4)CC3)ccc2N1S(C)(=O)=O. The molecular weight excluding hydrogens is 412 g/mol. The van der Waals surface area contributed by atoms with E-state index in [4.69, 9.17) is 4.98 Å². The maximum Gasteiger partial charge on any atom is 0.253 e. The number of nitrogens with one attached hydrogen (secondary N) is 1. The van der Waals surface area contributed by atoms with Gasteiger partial charge in [-0.15, -0.1) is 0 Å². The van der Waals surface area contributed by atoms with Crippen molar-refractivity contribution in [1.29, 1.82) is 0 Å². The van der Waals surface area contributed by atoms with Crippen molar-refractivity contribution in [2.75, 3.05) is 23.7 Å². The predicted molar refractivity (Wildman–Crippen MR) is 121 cm³/mol. The Bertz CT molecular complexity index is 1230. The lowest BCUT2D eigenvalue weighted by Gasteiger charge is -2.31. The Balaban J connectivity index is 1.29. The van der Waals surface area contributed by atoms with Crippen molar-refractivity contribution in [3.63, 3.8) is 0 Å². The van der Waals surface area contributed by atoms with E-state index < -0.39 is 10.0 Å². The Morgan fingerprint density at radius 2 is 1.87 bits per heavy atom. The van der Waals surface area contributed by atoms with E-state index in [1.807, 2.05) is 42.2 Å². The summed E-state index contributed by atoms with van der Waals surface area (Å²) in [4.78, 5) is 23.2. The standard InChI is InChI=1S/C23H26N4O3S/c1-15-13-18-14-17(7-8-21(18)27(15)31(2,29)30)23(28)26-11-9-16(10-12-26)22-24-19-5-3-4-6-20(19)25-22/h3-8,14-16H,9-13H2,1-2H3,(H,24,25)/t15-/m0/s1. The fourth-order valence-electron chi connectivity index (χ4n) is 4.95. The number of anilines is 1. The first kappa shape index (κ1) is 20.1. The number of hydrogen-bond acceptors (Lipinski definition) is 4. The number of imidazole rings is 1. The molecule has 3 aromatic rings. The van der Waals surface area contributed by atoms with Crippen LogP contribution in [0, 0.1) is 0 Å². The summed E-state index contributed by atoms with van der Waals surface area (Å²) in [5, 5.41) is 0. The van der Waals surface area contributed by atoms with Crippen LogP contribution < -0.4 is 4.31 Å². The maximum absolute atomic E-state index is 13.1. The lowest BCUT2D eigenvalue weighted by atomic mass is 9.95. The second kappa shape index (κ2) is 7.37. The topological polar surface area (TPSA) is 86.4 Å². The zero-order valence-electron chi connectivity index (χ0n) is 17.7. The molecule has 0 aliphatic carbocycles. The van der Waals surface area contributed by atoms with Crippen molar-refractivity contribution in [3.05, 3.63) is 59.4 Å². The number of fused-ring (bicyclic) bond motifs is 2. The molecule has 1 atom stereocenters. The molecule has 0 spiro atoms. The van der Waals surface area contributed by atoms with Gasteiger partial charge in [0.05, 0.1) is 23.0 Å². The Morgan fingerprint density at radius 3 is 2.58 bits per heavy atom. The minimum Gasteiger partial charge on any atom is -0.342 e. The van der Waals surface area contributed by atoms with Gasteiger partial charge in [0.2, 0.25) is 10.0 Å². The number of H-pyrrole nitrogens is 1. The van der Waals surface area contributed by atoms with E-state index in [1.165, 1.54) is 10.6 Å². The number of likely N-dealkylation sites (tertiary alicyclic amines) is 1. The fraction of sp³-hybridized carbons (Fsp3) is 0.391. The number of aromatic nitrogens is 2. The number of piperidine rings is 1. The molecule has 0 unspecified atom stereocenters. The molecule has 3 heterocycles. The third kappa shape index (κ3) is 3.59. The summed E-state index contributed by atoms with van der Waals surface area (Å²) in [5.74, 6) is 1.33. The minimum absolute atomic E-state index is 0.0105. The predicted octanol–water partition coefficient (Wildman–Crippen LogP) is 3.29. The molecule has 1 amide bonds. The van der Waals surface area contributed by atoms with Crippen LogP contribution in [0.5, 0.6) is 0 Å². The highest BCUT2D eigenvalue weighted by molar-refractivity contribution is 7.92. The van der Waals surface area contributed by atoms with Crippen LogP contribution in [0.25, 0.3) is 11.0 Å². The van der Waals surface area contributed by atoms with Gasteiger partial charge in [-0.05, 0) is 62.1 Å². The summed E-state index contributed by atoms with van der Waals surface area (Å²) in [7, 11) is -3.33. The molecule has 2 aliphatic heterocycles. The molecule has 31 heavy (non-hydrogen) atoms. The number of carbonyl (C=O) groups is 1. The summed E-state index contributed by atoms with van der Waals surface area (Å²) in [6.07, 6.45) is 3.59. The molecule has 1 saturated heterocycles. The van der Waals surface area contributed by atoms with Gasteiger partial charge in [0, 0.05) is 30.6 Å². The largest absolute Gasteiger partial charge is 0.342 e. The number of aromatic amines is 1. The highest BCUT2D eigenvalue weighted by Crippen LogP contribution is 2.35. The van der Waals surface area contributed by atoms with Gasteiger partial charge in [0.1, 0.15) is 5.82 Å². The van der Waals surface area contributed by atoms with Crippen molar-refractivity contribution in [2.24, 2.45) is 0 Å². The number of hydrogen-bond donors (Lipinski definition) is 1. The molecule has 0 bridgehead atoms. The average molecular weight is 439 g/mol. The summed E-state index contributed by atoms with van der Waals surface area (Å²) in [6.45, 7) is 3.26. The van der Waals surface area contributed by atoms with Crippen LogP contribution in [0.3, 0.4) is 0 Å². The Hall–Kier alpha value is -2.87. The molecule has 2 aliphatic rings. The number of rotatable bonds is 3. The van der Waals surface area contributed by atoms with Crippen molar-refractivity contribution < 1.29 is 13.2 Å². The van der Waals surface area contributed by atoms with Gasteiger partial charge in [-0.1, -0.05) is 12.1 Å². The first-order chi connectivity index (χ1) is 14.8. The van der Waals surface area contributed by atoms with E-state index in [-0.39, 0.29) is 11.9 Å². The Kier molecular flexibility index (Phi) is 4.77. The minimum atomic E-state index is -3.33. The normalized spacial score (nSPS) is 19.7. The number of nitrogens with zero attached hydrogens (tertiary/aromatic N) is 3. The van der Waals surface area contributed by atoms with Crippen molar-refractivity contribution in [3.8, 4) is 0 Å². The molecule has 1 aromatic heterocycles. The molecule has 0 radical (unpaired) electrons. The molecule has 8 heteroatoms. The molecule has 7 nitrogen and oxygen atoms in total. The van der Waals surface area contributed by atoms with Crippen molar-refractivity contribution >= 4 is 32.7 Å². The van der Waals surface area contributed by atoms with Gasteiger partial charge in [-0.25, -0.2) is 13.4 Å². The molecule has 1 fully saturated rings. The maximum atomic E-state index is 13.1. The van der Waals surface area contributed by atoms with Gasteiger partial charge in [-0.3, -0.25) is 9.10 Å². The summed E-state index contributed by atoms with van der Waals surface area (Å²) in [5.41, 5.74) is 4.26. The summed E-state index contributed by atoms with van der Waals surface area (Å²) in [6, 6.07) is 13.3. The van der Waals surface area contributed by atoms with E-state index in [1.54, 1.807) is 12.1 Å². The van der Waals surface area contributed by atoms with E-state index in [9.17, 15) is 13.2 Å². The molecule has 1 N–H and O–H groups in total. The van der Waals surface area contributed by atoms with Gasteiger partial charge in [0.25, 0.3) is 5.91 Å². The second-order valence-electron chi connectivity index (χ2n) is 8.66. The van der Waals surface area contributed by atoms with Crippen molar-refractivity contribution in [1.82, 2.24) is 14.9 Å². The molecular formula is C23H26N4O3S. The van der Waals surface area contributed by atoms with Gasteiger partial charge < -0.3 is 9.88 Å². The van der Waals surface area contributed by atoms with E-state index in [2.05, 4.69) is 4.98 Å². The van der Waals surface area contributed by atoms with Gasteiger partial charge in [-0.2, -0.15) is 0 Å². The van der Waals surface area contributed by atoms with Crippen LogP contribution in [0.15, 0.2) is 42.5 Å². The van der Waals surface area contributed by atoms with E-state index in [0.29, 0.717) is 36.7 Å². The average Bonchev–Trinajstić information content (AvgIpc) is 3.32. The number of carbonyl (C=O) groups excluding carboxylic acids is 1. The fourth-order valence-corrected chi connectivity index (χ4v) is 6.21.